The van der Waals surface area contributed by atoms with Crippen molar-refractivity contribution in [2.45, 2.75) is 52.2 Å². The summed E-state index contributed by atoms with van der Waals surface area (Å²) >= 11 is 5.55. The molecule has 1 fully saturated rings. The Kier molecular flexibility index (Phi) is 7.18. The number of carbonyl (C=O) groups excluding carboxylic acids is 1. The lowest BCUT2D eigenvalue weighted by Crippen LogP contribution is -2.39. The maximum atomic E-state index is 12.4. The number of rotatable bonds is 8. The SMILES string of the molecule is CCCCCn1cnn(CN2CCC(C(=O)Nc3ccccc3)CC2)c1=S. The van der Waals surface area contributed by atoms with E-state index < -0.39 is 0 Å². The molecular weight excluding hydrogens is 358 g/mol. The number of hydrogen-bond donors (Lipinski definition) is 1. The summed E-state index contributed by atoms with van der Waals surface area (Å²) in [5.41, 5.74) is 0.866. The fraction of sp³-hybridized carbons (Fsp3) is 0.550. The van der Waals surface area contributed by atoms with E-state index in [-0.39, 0.29) is 11.8 Å². The van der Waals surface area contributed by atoms with Crippen LogP contribution in [0.2, 0.25) is 0 Å². The summed E-state index contributed by atoms with van der Waals surface area (Å²) in [6.07, 6.45) is 7.13. The quantitative estimate of drug-likeness (QED) is 0.551. The Morgan fingerprint density at radius 2 is 1.96 bits per heavy atom. The first-order chi connectivity index (χ1) is 13.2. The molecule has 1 saturated heterocycles. The van der Waals surface area contributed by atoms with Gasteiger partial charge in [0.2, 0.25) is 5.91 Å². The van der Waals surface area contributed by atoms with Gasteiger partial charge in [0.15, 0.2) is 4.77 Å². The molecule has 27 heavy (non-hydrogen) atoms. The topological polar surface area (TPSA) is 55.1 Å². The van der Waals surface area contributed by atoms with Crippen molar-refractivity contribution in [3.63, 3.8) is 0 Å². The van der Waals surface area contributed by atoms with Crippen LogP contribution in [-0.4, -0.2) is 38.2 Å². The Morgan fingerprint density at radius 1 is 1.22 bits per heavy atom. The molecule has 146 valence electrons. The maximum Gasteiger partial charge on any atom is 0.227 e. The lowest BCUT2D eigenvalue weighted by molar-refractivity contribution is -0.121. The van der Waals surface area contributed by atoms with E-state index in [2.05, 4.69) is 26.8 Å². The Labute approximate surface area is 166 Å². The van der Waals surface area contributed by atoms with Gasteiger partial charge in [-0.2, -0.15) is 5.10 Å². The molecule has 1 aliphatic heterocycles. The van der Waals surface area contributed by atoms with Crippen molar-refractivity contribution in [2.24, 2.45) is 5.92 Å². The normalized spacial score (nSPS) is 15.7. The second kappa shape index (κ2) is 9.80. The molecule has 0 radical (unpaired) electrons. The van der Waals surface area contributed by atoms with E-state index in [1.165, 1.54) is 12.8 Å². The molecule has 1 N–H and O–H groups in total. The molecule has 0 atom stereocenters. The van der Waals surface area contributed by atoms with E-state index in [9.17, 15) is 4.79 Å². The molecule has 6 nitrogen and oxygen atoms in total. The zero-order valence-electron chi connectivity index (χ0n) is 16.0. The number of aromatic nitrogens is 3. The van der Waals surface area contributed by atoms with Gasteiger partial charge in [-0.3, -0.25) is 9.69 Å². The van der Waals surface area contributed by atoms with Crippen LogP contribution in [0.1, 0.15) is 39.0 Å². The van der Waals surface area contributed by atoms with E-state index in [1.807, 2.05) is 41.3 Å². The minimum Gasteiger partial charge on any atom is -0.326 e. The van der Waals surface area contributed by atoms with Crippen LogP contribution in [-0.2, 0) is 18.0 Å². The molecule has 1 aromatic carbocycles. The summed E-state index contributed by atoms with van der Waals surface area (Å²) in [7, 11) is 0. The fourth-order valence-corrected chi connectivity index (χ4v) is 3.69. The Bertz CT molecular complexity index is 777. The van der Waals surface area contributed by atoms with Crippen molar-refractivity contribution in [3.8, 4) is 0 Å². The number of unbranched alkanes of at least 4 members (excludes halogenated alkanes) is 2. The van der Waals surface area contributed by atoms with Crippen LogP contribution in [0.15, 0.2) is 36.7 Å². The minimum absolute atomic E-state index is 0.0704. The number of nitrogens with one attached hydrogen (secondary N) is 1. The monoisotopic (exact) mass is 387 g/mol. The lowest BCUT2D eigenvalue weighted by atomic mass is 9.96. The average molecular weight is 388 g/mol. The third kappa shape index (κ3) is 5.49. The Hall–Kier alpha value is -1.99. The van der Waals surface area contributed by atoms with E-state index in [0.717, 1.165) is 49.4 Å². The third-order valence-electron chi connectivity index (χ3n) is 5.13. The number of hydrogen-bond acceptors (Lipinski definition) is 4. The third-order valence-corrected chi connectivity index (χ3v) is 5.58. The first-order valence-electron chi connectivity index (χ1n) is 9.88. The van der Waals surface area contributed by atoms with E-state index in [0.29, 0.717) is 6.67 Å². The summed E-state index contributed by atoms with van der Waals surface area (Å²) in [6, 6.07) is 9.66. The first-order valence-corrected chi connectivity index (χ1v) is 10.3. The van der Waals surface area contributed by atoms with Gasteiger partial charge in [0, 0.05) is 31.2 Å². The molecule has 0 unspecified atom stereocenters. The van der Waals surface area contributed by atoms with Gasteiger partial charge >= 0.3 is 0 Å². The zero-order chi connectivity index (χ0) is 19.1. The molecule has 1 amide bonds. The number of anilines is 1. The molecule has 0 bridgehead atoms. The molecule has 1 aromatic heterocycles. The second-order valence-electron chi connectivity index (χ2n) is 7.20. The number of para-hydroxylation sites is 1. The van der Waals surface area contributed by atoms with Crippen LogP contribution in [0.5, 0.6) is 0 Å². The minimum atomic E-state index is 0.0704. The standard InChI is InChI=1S/C20H29N5OS/c1-2-3-7-12-24-15-21-25(20(24)27)16-23-13-10-17(11-14-23)19(26)22-18-8-5-4-6-9-18/h4-6,8-9,15,17H,2-3,7,10-14,16H2,1H3,(H,22,26). The van der Waals surface area contributed by atoms with Gasteiger partial charge in [0.25, 0.3) is 0 Å². The summed E-state index contributed by atoms with van der Waals surface area (Å²) in [5, 5.41) is 7.47. The van der Waals surface area contributed by atoms with Crippen LogP contribution >= 0.6 is 12.2 Å². The number of benzene rings is 1. The molecule has 1 aliphatic rings. The van der Waals surface area contributed by atoms with Gasteiger partial charge in [-0.15, -0.1) is 0 Å². The van der Waals surface area contributed by atoms with Gasteiger partial charge in [0.1, 0.15) is 6.33 Å². The summed E-state index contributed by atoms with van der Waals surface area (Å²) in [5.74, 6) is 0.193. The Morgan fingerprint density at radius 3 is 2.67 bits per heavy atom. The molecule has 3 rings (SSSR count). The highest BCUT2D eigenvalue weighted by Crippen LogP contribution is 2.20. The van der Waals surface area contributed by atoms with Gasteiger partial charge in [-0.1, -0.05) is 38.0 Å². The van der Waals surface area contributed by atoms with Crippen LogP contribution in [0.4, 0.5) is 5.69 Å². The zero-order valence-corrected chi connectivity index (χ0v) is 16.8. The van der Waals surface area contributed by atoms with Gasteiger partial charge in [-0.25, -0.2) is 4.68 Å². The first kappa shape index (κ1) is 19.8. The second-order valence-corrected chi connectivity index (χ2v) is 7.57. The predicted octanol–water partition coefficient (Wildman–Crippen LogP) is 3.91. The van der Waals surface area contributed by atoms with Crippen molar-refractivity contribution >= 4 is 23.8 Å². The lowest BCUT2D eigenvalue weighted by Gasteiger charge is -2.30. The molecule has 2 aromatic rings. The molecule has 2 heterocycles. The number of aryl methyl sites for hydroxylation is 1. The Balaban J connectivity index is 1.47. The summed E-state index contributed by atoms with van der Waals surface area (Å²) in [4.78, 5) is 14.8. The molecule has 0 spiro atoms. The van der Waals surface area contributed by atoms with Crippen molar-refractivity contribution in [2.75, 3.05) is 18.4 Å². The van der Waals surface area contributed by atoms with Crippen molar-refractivity contribution < 1.29 is 4.79 Å². The number of nitrogens with zero attached hydrogens (tertiary/aromatic N) is 4. The van der Waals surface area contributed by atoms with E-state index in [1.54, 1.807) is 0 Å². The highest BCUT2D eigenvalue weighted by Gasteiger charge is 2.25. The number of carbonyl (C=O) groups is 1. The van der Waals surface area contributed by atoms with Gasteiger partial charge in [0.05, 0.1) is 6.67 Å². The summed E-state index contributed by atoms with van der Waals surface area (Å²) in [6.45, 7) is 5.61. The molecule has 0 saturated carbocycles. The van der Waals surface area contributed by atoms with Crippen LogP contribution in [0, 0.1) is 10.7 Å². The highest BCUT2D eigenvalue weighted by atomic mass is 32.1. The summed E-state index contributed by atoms with van der Waals surface area (Å²) < 4.78 is 4.74. The largest absolute Gasteiger partial charge is 0.326 e. The fourth-order valence-electron chi connectivity index (χ4n) is 3.45. The number of amides is 1. The van der Waals surface area contributed by atoms with Gasteiger partial charge in [-0.05, 0) is 43.6 Å². The van der Waals surface area contributed by atoms with E-state index in [4.69, 9.17) is 12.2 Å². The maximum absolute atomic E-state index is 12.4. The average Bonchev–Trinajstić information content (AvgIpc) is 3.03. The molecular formula is C20H29N5OS. The smallest absolute Gasteiger partial charge is 0.227 e. The van der Waals surface area contributed by atoms with Crippen LogP contribution < -0.4 is 5.32 Å². The van der Waals surface area contributed by atoms with Crippen molar-refractivity contribution in [1.82, 2.24) is 19.2 Å². The van der Waals surface area contributed by atoms with Gasteiger partial charge < -0.3 is 9.88 Å². The predicted molar refractivity (Wildman–Crippen MR) is 110 cm³/mol. The van der Waals surface area contributed by atoms with Crippen molar-refractivity contribution in [1.29, 1.82) is 0 Å². The number of piperidine rings is 1. The number of likely N-dealkylation sites (tertiary alicyclic amines) is 1. The van der Waals surface area contributed by atoms with Crippen LogP contribution in [0.3, 0.4) is 0 Å². The molecule has 0 aliphatic carbocycles. The van der Waals surface area contributed by atoms with Crippen LogP contribution in [0.25, 0.3) is 0 Å². The molecule has 7 heteroatoms. The van der Waals surface area contributed by atoms with E-state index >= 15 is 0 Å². The highest BCUT2D eigenvalue weighted by molar-refractivity contribution is 7.71. The van der Waals surface area contributed by atoms with Crippen molar-refractivity contribution in [3.05, 3.63) is 41.4 Å².